The molecule has 0 amide bonds. The standard InChI is InChI=1S/C33H43N.ClH/c1(2-5-13-27-14-6-4-7-15-27)3-12-24-34-25-22-30(23-26-34)33-31-18-10-8-16-28(31)20-21-29-17-9-11-19-32(29)33;/h8-11,16-21,27H,1-7,12-15,22-26H2;1H. The predicted octanol–water partition coefficient (Wildman–Crippen LogP) is 9.41. The number of fused-ring (bicyclic) bond motifs is 2. The highest BCUT2D eigenvalue weighted by Crippen LogP contribution is 2.38. The maximum Gasteiger partial charge on any atom is 0.00190 e. The molecule has 2 aromatic carbocycles. The van der Waals surface area contributed by atoms with E-state index in [9.17, 15) is 0 Å². The molecule has 3 aliphatic rings. The summed E-state index contributed by atoms with van der Waals surface area (Å²) in [7, 11) is 0. The van der Waals surface area contributed by atoms with Gasteiger partial charge < -0.3 is 4.90 Å². The van der Waals surface area contributed by atoms with Crippen LogP contribution in [0.25, 0.3) is 17.7 Å². The minimum atomic E-state index is 0. The normalized spacial score (nSPS) is 18.5. The topological polar surface area (TPSA) is 3.24 Å². The number of rotatable bonds is 8. The molecule has 1 nitrogen and oxygen atoms in total. The van der Waals surface area contributed by atoms with Gasteiger partial charge in [-0.25, -0.2) is 0 Å². The van der Waals surface area contributed by atoms with Gasteiger partial charge >= 0.3 is 0 Å². The Morgan fingerprint density at radius 1 is 0.657 bits per heavy atom. The first-order chi connectivity index (χ1) is 16.9. The Kier molecular flexibility index (Phi) is 10.1. The van der Waals surface area contributed by atoms with Gasteiger partial charge in [-0.15, -0.1) is 12.4 Å². The molecule has 1 saturated heterocycles. The predicted molar refractivity (Wildman–Crippen MR) is 155 cm³/mol. The first-order valence-corrected chi connectivity index (χ1v) is 14.2. The summed E-state index contributed by atoms with van der Waals surface area (Å²) in [5, 5.41) is 0. The minimum absolute atomic E-state index is 0. The lowest BCUT2D eigenvalue weighted by atomic mass is 9.85. The summed E-state index contributed by atoms with van der Waals surface area (Å²) < 4.78 is 0. The molecule has 0 N–H and O–H groups in total. The van der Waals surface area contributed by atoms with Crippen molar-refractivity contribution in [1.82, 2.24) is 4.90 Å². The zero-order valence-electron chi connectivity index (χ0n) is 21.5. The number of nitrogens with zero attached hydrogens (tertiary/aromatic N) is 1. The summed E-state index contributed by atoms with van der Waals surface area (Å²) in [6.07, 6.45) is 23.2. The van der Waals surface area contributed by atoms with Crippen LogP contribution >= 0.6 is 12.4 Å². The fourth-order valence-electron chi connectivity index (χ4n) is 6.52. The molecule has 35 heavy (non-hydrogen) atoms. The van der Waals surface area contributed by atoms with Crippen molar-refractivity contribution in [2.45, 2.75) is 83.5 Å². The van der Waals surface area contributed by atoms with Gasteiger partial charge in [0.2, 0.25) is 0 Å². The first-order valence-electron chi connectivity index (χ1n) is 14.2. The van der Waals surface area contributed by atoms with E-state index >= 15 is 0 Å². The highest BCUT2D eigenvalue weighted by molar-refractivity contribution is 5.94. The van der Waals surface area contributed by atoms with Crippen molar-refractivity contribution < 1.29 is 0 Å². The Bertz CT molecular complexity index is 936. The van der Waals surface area contributed by atoms with Crippen molar-refractivity contribution in [2.75, 3.05) is 19.6 Å². The number of halogens is 1. The van der Waals surface area contributed by atoms with E-state index in [-0.39, 0.29) is 12.4 Å². The second kappa shape index (κ2) is 13.5. The third kappa shape index (κ3) is 6.89. The fraction of sp³-hybridized carbons (Fsp3) is 0.515. The van der Waals surface area contributed by atoms with Gasteiger partial charge in [0.05, 0.1) is 0 Å². The lowest BCUT2D eigenvalue weighted by Crippen LogP contribution is -2.32. The SMILES string of the molecule is C1=Cc2ccccc2C(=C2CCN(CCCCCCCC3CCCCC3)CC2)c2ccccc21.Cl. The molecule has 0 atom stereocenters. The van der Waals surface area contributed by atoms with E-state index in [0.29, 0.717) is 0 Å². The third-order valence-corrected chi connectivity index (χ3v) is 8.53. The van der Waals surface area contributed by atoms with Crippen molar-refractivity contribution in [1.29, 1.82) is 0 Å². The zero-order valence-corrected chi connectivity index (χ0v) is 22.3. The quantitative estimate of drug-likeness (QED) is 0.285. The number of piperidine rings is 1. The second-order valence-corrected chi connectivity index (χ2v) is 10.9. The molecule has 2 aliphatic carbocycles. The maximum atomic E-state index is 2.72. The number of hydrogen-bond acceptors (Lipinski definition) is 1. The van der Waals surface area contributed by atoms with Gasteiger partial charge in [-0.3, -0.25) is 0 Å². The number of likely N-dealkylation sites (tertiary alicyclic amines) is 1. The highest BCUT2D eigenvalue weighted by atomic mass is 35.5. The van der Waals surface area contributed by atoms with Gasteiger partial charge in [-0.05, 0) is 59.6 Å². The van der Waals surface area contributed by atoms with Gasteiger partial charge in [-0.2, -0.15) is 0 Å². The van der Waals surface area contributed by atoms with Crippen LogP contribution in [0.3, 0.4) is 0 Å². The van der Waals surface area contributed by atoms with Crippen molar-refractivity contribution in [3.63, 3.8) is 0 Å². The number of unbranched alkanes of at least 4 members (excludes halogenated alkanes) is 4. The Morgan fingerprint density at radius 2 is 1.23 bits per heavy atom. The van der Waals surface area contributed by atoms with E-state index in [4.69, 9.17) is 0 Å². The summed E-state index contributed by atoms with van der Waals surface area (Å²) >= 11 is 0. The van der Waals surface area contributed by atoms with Crippen LogP contribution in [0.1, 0.15) is 106 Å². The number of benzene rings is 2. The highest BCUT2D eigenvalue weighted by Gasteiger charge is 2.22. The maximum absolute atomic E-state index is 2.72. The third-order valence-electron chi connectivity index (χ3n) is 8.53. The molecule has 5 rings (SSSR count). The summed E-state index contributed by atoms with van der Waals surface area (Å²) in [4.78, 5) is 2.72. The van der Waals surface area contributed by atoms with Crippen LogP contribution in [0.4, 0.5) is 0 Å². The Morgan fingerprint density at radius 3 is 1.89 bits per heavy atom. The van der Waals surface area contributed by atoms with Gasteiger partial charge in [-0.1, -0.05) is 130 Å². The van der Waals surface area contributed by atoms with Crippen LogP contribution in [-0.4, -0.2) is 24.5 Å². The van der Waals surface area contributed by atoms with Gasteiger partial charge in [0.15, 0.2) is 0 Å². The van der Waals surface area contributed by atoms with Crippen LogP contribution < -0.4 is 0 Å². The van der Waals surface area contributed by atoms with E-state index in [2.05, 4.69) is 65.6 Å². The molecule has 0 radical (unpaired) electrons. The molecular formula is C33H44ClN. The van der Waals surface area contributed by atoms with Crippen LogP contribution in [-0.2, 0) is 0 Å². The van der Waals surface area contributed by atoms with Crippen molar-refractivity contribution in [3.05, 3.63) is 76.4 Å². The van der Waals surface area contributed by atoms with Crippen LogP contribution in [0.15, 0.2) is 54.1 Å². The average Bonchev–Trinajstić information content (AvgIpc) is 3.06. The second-order valence-electron chi connectivity index (χ2n) is 10.9. The summed E-state index contributed by atoms with van der Waals surface area (Å²) in [6, 6.07) is 17.9. The van der Waals surface area contributed by atoms with Gasteiger partial charge in [0.1, 0.15) is 0 Å². The van der Waals surface area contributed by atoms with Gasteiger partial charge in [0.25, 0.3) is 0 Å². The molecule has 1 heterocycles. The van der Waals surface area contributed by atoms with Crippen molar-refractivity contribution >= 4 is 30.1 Å². The molecule has 2 aromatic rings. The van der Waals surface area contributed by atoms with Crippen LogP contribution in [0.2, 0.25) is 0 Å². The largest absolute Gasteiger partial charge is 0.303 e. The fourth-order valence-corrected chi connectivity index (χ4v) is 6.52. The monoisotopic (exact) mass is 489 g/mol. The summed E-state index contributed by atoms with van der Waals surface area (Å²) in [6.45, 7) is 3.73. The van der Waals surface area contributed by atoms with E-state index in [1.807, 2.05) is 0 Å². The Labute approximate surface area is 220 Å². The van der Waals surface area contributed by atoms with E-state index in [0.717, 1.165) is 5.92 Å². The molecule has 2 heteroatoms. The summed E-state index contributed by atoms with van der Waals surface area (Å²) in [5.74, 6) is 1.06. The molecular weight excluding hydrogens is 446 g/mol. The van der Waals surface area contributed by atoms with Crippen molar-refractivity contribution in [3.8, 4) is 0 Å². The molecule has 0 aromatic heterocycles. The van der Waals surface area contributed by atoms with E-state index in [1.165, 1.54) is 131 Å². The zero-order chi connectivity index (χ0) is 23.0. The smallest absolute Gasteiger partial charge is 0.00190 e. The average molecular weight is 490 g/mol. The molecule has 188 valence electrons. The molecule has 2 fully saturated rings. The molecule has 0 spiro atoms. The minimum Gasteiger partial charge on any atom is -0.303 e. The van der Waals surface area contributed by atoms with E-state index < -0.39 is 0 Å². The van der Waals surface area contributed by atoms with Crippen LogP contribution in [0.5, 0.6) is 0 Å². The summed E-state index contributed by atoms with van der Waals surface area (Å²) in [5.41, 5.74) is 8.70. The van der Waals surface area contributed by atoms with Gasteiger partial charge in [0, 0.05) is 13.1 Å². The van der Waals surface area contributed by atoms with Crippen LogP contribution in [0, 0.1) is 5.92 Å². The van der Waals surface area contributed by atoms with E-state index in [1.54, 1.807) is 5.57 Å². The molecule has 1 aliphatic heterocycles. The lowest BCUT2D eigenvalue weighted by Gasteiger charge is -2.30. The molecule has 1 saturated carbocycles. The first kappa shape index (κ1) is 26.2. The lowest BCUT2D eigenvalue weighted by molar-refractivity contribution is 0.250. The Hall–Kier alpha value is -1.83. The Balaban J connectivity index is 0.00000289. The number of hydrogen-bond donors (Lipinski definition) is 0. The molecule has 0 unspecified atom stereocenters. The molecule has 0 bridgehead atoms. The van der Waals surface area contributed by atoms with Crippen molar-refractivity contribution in [2.24, 2.45) is 5.92 Å².